The second kappa shape index (κ2) is 11.6. The van der Waals surface area contributed by atoms with Crippen LogP contribution in [0.4, 0.5) is 0 Å². The normalized spacial score (nSPS) is 20.3. The lowest BCUT2D eigenvalue weighted by atomic mass is 9.84. The Labute approximate surface area is 188 Å². The van der Waals surface area contributed by atoms with Gasteiger partial charge < -0.3 is 25.0 Å². The summed E-state index contributed by atoms with van der Waals surface area (Å²) in [4.78, 5) is 10.1. The Morgan fingerprint density at radius 2 is 1.71 bits per heavy atom. The number of likely N-dealkylation sites (tertiary alicyclic amines) is 2. The molecule has 2 aliphatic heterocycles. The fourth-order valence-corrected chi connectivity index (χ4v) is 4.75. The number of hydrogen-bond acceptors (Lipinski definition) is 5. The molecule has 0 aliphatic carbocycles. The molecule has 0 saturated carbocycles. The van der Waals surface area contributed by atoms with Crippen LogP contribution in [-0.4, -0.2) is 81.8 Å². The van der Waals surface area contributed by atoms with Crippen molar-refractivity contribution in [1.29, 1.82) is 0 Å². The Hall–Kier alpha value is -1.99. The molecule has 0 aromatic heterocycles. The summed E-state index contributed by atoms with van der Waals surface area (Å²) in [7, 11) is 5.56. The molecule has 2 saturated heterocycles. The number of hydrogen-bond donors (Lipinski definition) is 2. The lowest BCUT2D eigenvalue weighted by molar-refractivity contribution is 0.0173. The number of aliphatic imine (C=N–C) groups is 1. The maximum absolute atomic E-state index is 5.43. The second-order valence-corrected chi connectivity index (χ2v) is 8.81. The van der Waals surface area contributed by atoms with Gasteiger partial charge in [-0.2, -0.15) is 0 Å². The van der Waals surface area contributed by atoms with Crippen molar-refractivity contribution in [3.63, 3.8) is 0 Å². The monoisotopic (exact) mass is 431 g/mol. The van der Waals surface area contributed by atoms with Gasteiger partial charge in [-0.05, 0) is 83.5 Å². The van der Waals surface area contributed by atoms with Gasteiger partial charge >= 0.3 is 0 Å². The molecular weight excluding hydrogens is 390 g/mol. The van der Waals surface area contributed by atoms with Crippen LogP contribution in [0.2, 0.25) is 0 Å². The van der Waals surface area contributed by atoms with Crippen LogP contribution in [0.5, 0.6) is 11.5 Å². The number of ether oxygens (including phenoxy) is 2. The molecule has 2 aliphatic rings. The van der Waals surface area contributed by atoms with Crippen molar-refractivity contribution in [3.05, 3.63) is 23.8 Å². The van der Waals surface area contributed by atoms with E-state index < -0.39 is 0 Å². The molecule has 1 aromatic rings. The maximum atomic E-state index is 5.43. The predicted octanol–water partition coefficient (Wildman–Crippen LogP) is 2.71. The standard InChI is InChI=1S/C24H41N5O2/c1-5-25-23(26-18-20-9-10-21(30-3)22(17-20)31-4)27-19-24(11-15-28(2)16-12-24)29-13-7-6-8-14-29/h9-10,17H,5-8,11-16,18-19H2,1-4H3,(H2,25,26,27). The van der Waals surface area contributed by atoms with Gasteiger partial charge in [0, 0.05) is 18.6 Å². The minimum Gasteiger partial charge on any atom is -0.493 e. The SMILES string of the molecule is CCNC(=NCc1ccc(OC)c(OC)c1)NCC1(N2CCCCC2)CCN(C)CC1. The molecule has 0 spiro atoms. The van der Waals surface area contributed by atoms with Crippen LogP contribution in [0.1, 0.15) is 44.6 Å². The first-order chi connectivity index (χ1) is 15.1. The van der Waals surface area contributed by atoms with Gasteiger partial charge in [0.15, 0.2) is 17.5 Å². The van der Waals surface area contributed by atoms with Gasteiger partial charge in [0.25, 0.3) is 0 Å². The molecule has 174 valence electrons. The van der Waals surface area contributed by atoms with Gasteiger partial charge in [0.2, 0.25) is 0 Å². The zero-order valence-electron chi connectivity index (χ0n) is 19.9. The highest BCUT2D eigenvalue weighted by atomic mass is 16.5. The summed E-state index contributed by atoms with van der Waals surface area (Å²) in [5, 5.41) is 7.11. The van der Waals surface area contributed by atoms with Crippen molar-refractivity contribution >= 4 is 5.96 Å². The highest BCUT2D eigenvalue weighted by Gasteiger charge is 2.39. The van der Waals surface area contributed by atoms with E-state index >= 15 is 0 Å². The zero-order chi connectivity index (χ0) is 22.1. The zero-order valence-corrected chi connectivity index (χ0v) is 19.9. The largest absolute Gasteiger partial charge is 0.493 e. The third-order valence-corrected chi connectivity index (χ3v) is 6.74. The molecule has 7 heteroatoms. The number of rotatable bonds is 8. The molecule has 7 nitrogen and oxygen atoms in total. The maximum Gasteiger partial charge on any atom is 0.191 e. The van der Waals surface area contributed by atoms with E-state index in [1.54, 1.807) is 14.2 Å². The number of guanidine groups is 1. The van der Waals surface area contributed by atoms with Crippen molar-refractivity contribution in [2.45, 2.75) is 51.1 Å². The molecule has 0 unspecified atom stereocenters. The van der Waals surface area contributed by atoms with Crippen molar-refractivity contribution in [2.24, 2.45) is 4.99 Å². The van der Waals surface area contributed by atoms with E-state index in [2.05, 4.69) is 34.4 Å². The average Bonchev–Trinajstić information content (AvgIpc) is 2.82. The van der Waals surface area contributed by atoms with Crippen molar-refractivity contribution in [1.82, 2.24) is 20.4 Å². The van der Waals surface area contributed by atoms with Gasteiger partial charge in [-0.25, -0.2) is 4.99 Å². The molecular formula is C24H41N5O2. The van der Waals surface area contributed by atoms with E-state index in [9.17, 15) is 0 Å². The molecule has 2 N–H and O–H groups in total. The van der Waals surface area contributed by atoms with Crippen molar-refractivity contribution in [2.75, 3.05) is 60.5 Å². The first-order valence-corrected chi connectivity index (χ1v) is 11.8. The van der Waals surface area contributed by atoms with E-state index in [1.807, 2.05) is 18.2 Å². The molecule has 2 fully saturated rings. The Kier molecular flexibility index (Phi) is 8.84. The Morgan fingerprint density at radius 3 is 2.35 bits per heavy atom. The van der Waals surface area contributed by atoms with Crippen LogP contribution < -0.4 is 20.1 Å². The van der Waals surface area contributed by atoms with E-state index in [0.717, 1.165) is 49.2 Å². The van der Waals surface area contributed by atoms with Gasteiger partial charge in [-0.1, -0.05) is 12.5 Å². The number of nitrogens with zero attached hydrogens (tertiary/aromatic N) is 3. The van der Waals surface area contributed by atoms with Crippen LogP contribution in [0.25, 0.3) is 0 Å². The first-order valence-electron chi connectivity index (χ1n) is 11.8. The van der Waals surface area contributed by atoms with E-state index in [-0.39, 0.29) is 5.54 Å². The third-order valence-electron chi connectivity index (χ3n) is 6.74. The van der Waals surface area contributed by atoms with Gasteiger partial charge in [-0.15, -0.1) is 0 Å². The van der Waals surface area contributed by atoms with E-state index in [0.29, 0.717) is 6.54 Å². The topological polar surface area (TPSA) is 61.4 Å². The minimum absolute atomic E-state index is 0.229. The summed E-state index contributed by atoms with van der Waals surface area (Å²) in [5.41, 5.74) is 1.33. The lowest BCUT2D eigenvalue weighted by Gasteiger charge is -2.50. The van der Waals surface area contributed by atoms with Crippen LogP contribution in [0.15, 0.2) is 23.2 Å². The third kappa shape index (κ3) is 6.26. The van der Waals surface area contributed by atoms with Gasteiger partial charge in [0.1, 0.15) is 0 Å². The lowest BCUT2D eigenvalue weighted by Crippen LogP contribution is -2.62. The molecule has 0 amide bonds. The minimum atomic E-state index is 0.229. The second-order valence-electron chi connectivity index (χ2n) is 8.81. The van der Waals surface area contributed by atoms with E-state index in [1.165, 1.54) is 45.2 Å². The summed E-state index contributed by atoms with van der Waals surface area (Å²) < 4.78 is 10.8. The molecule has 1 aromatic carbocycles. The number of piperidine rings is 2. The Morgan fingerprint density at radius 1 is 1.00 bits per heavy atom. The summed E-state index contributed by atoms with van der Waals surface area (Å²) in [5.74, 6) is 2.36. The number of methoxy groups -OCH3 is 2. The molecule has 2 heterocycles. The van der Waals surface area contributed by atoms with Crippen LogP contribution in [0.3, 0.4) is 0 Å². The molecule has 0 atom stereocenters. The summed E-state index contributed by atoms with van der Waals surface area (Å²) >= 11 is 0. The average molecular weight is 432 g/mol. The predicted molar refractivity (Wildman–Crippen MR) is 127 cm³/mol. The van der Waals surface area contributed by atoms with Crippen LogP contribution in [-0.2, 0) is 6.54 Å². The van der Waals surface area contributed by atoms with Crippen molar-refractivity contribution < 1.29 is 9.47 Å². The molecule has 3 rings (SSSR count). The summed E-state index contributed by atoms with van der Waals surface area (Å²) in [6.07, 6.45) is 6.45. The summed E-state index contributed by atoms with van der Waals surface area (Å²) in [6.45, 7) is 9.28. The fraction of sp³-hybridized carbons (Fsp3) is 0.708. The number of benzene rings is 1. The van der Waals surface area contributed by atoms with Crippen LogP contribution in [0, 0.1) is 0 Å². The highest BCUT2D eigenvalue weighted by Crippen LogP contribution is 2.31. The quantitative estimate of drug-likeness (QED) is 0.488. The fourth-order valence-electron chi connectivity index (χ4n) is 4.75. The van der Waals surface area contributed by atoms with Gasteiger partial charge in [-0.3, -0.25) is 4.90 Å². The van der Waals surface area contributed by atoms with Crippen molar-refractivity contribution in [3.8, 4) is 11.5 Å². The molecule has 31 heavy (non-hydrogen) atoms. The number of nitrogens with one attached hydrogen (secondary N) is 2. The Balaban J connectivity index is 1.68. The first kappa shape index (κ1) is 23.7. The summed E-state index contributed by atoms with van der Waals surface area (Å²) in [6, 6.07) is 5.98. The smallest absolute Gasteiger partial charge is 0.191 e. The highest BCUT2D eigenvalue weighted by molar-refractivity contribution is 5.79. The van der Waals surface area contributed by atoms with Crippen LogP contribution >= 0.6 is 0 Å². The van der Waals surface area contributed by atoms with E-state index in [4.69, 9.17) is 14.5 Å². The van der Waals surface area contributed by atoms with Gasteiger partial charge in [0.05, 0.1) is 20.8 Å². The molecule has 0 radical (unpaired) electrons. The molecule has 0 bridgehead atoms. The Bertz CT molecular complexity index is 710.